The van der Waals surface area contributed by atoms with E-state index in [0.717, 1.165) is 24.2 Å². The minimum atomic E-state index is -3.64. The Bertz CT molecular complexity index is 829. The topological polar surface area (TPSA) is 69.1 Å². The van der Waals surface area contributed by atoms with Gasteiger partial charge in [0.2, 0.25) is 10.0 Å². The molecule has 1 saturated heterocycles. The van der Waals surface area contributed by atoms with Crippen LogP contribution in [0.5, 0.6) is 5.75 Å². The van der Waals surface area contributed by atoms with E-state index in [0.29, 0.717) is 25.5 Å². The molecular formula is C20H27N2O4S+. The van der Waals surface area contributed by atoms with Gasteiger partial charge in [0.25, 0.3) is 0 Å². The van der Waals surface area contributed by atoms with E-state index in [1.165, 1.54) is 4.90 Å². The number of rotatable bonds is 7. The van der Waals surface area contributed by atoms with Crippen LogP contribution in [0.15, 0.2) is 53.4 Å². The van der Waals surface area contributed by atoms with Gasteiger partial charge in [-0.3, -0.25) is 0 Å². The Morgan fingerprint density at radius 3 is 2.30 bits per heavy atom. The molecule has 0 aliphatic carbocycles. The second-order valence-corrected chi connectivity index (χ2v) is 8.54. The molecule has 0 unspecified atom stereocenters. The smallest absolute Gasteiger partial charge is 0.241 e. The highest BCUT2D eigenvalue weighted by Gasteiger charge is 2.26. The molecule has 2 N–H and O–H groups in total. The minimum absolute atomic E-state index is 0.234. The van der Waals surface area contributed by atoms with Crippen LogP contribution in [0.4, 0.5) is 0 Å². The van der Waals surface area contributed by atoms with Gasteiger partial charge >= 0.3 is 0 Å². The number of hydrogen-bond donors (Lipinski definition) is 2. The number of hydrogen-bond acceptors (Lipinski definition) is 4. The van der Waals surface area contributed by atoms with Crippen LogP contribution in [0.3, 0.4) is 0 Å². The van der Waals surface area contributed by atoms with Crippen molar-refractivity contribution >= 4 is 10.0 Å². The molecule has 1 aliphatic heterocycles. The van der Waals surface area contributed by atoms with Crippen LogP contribution in [0.2, 0.25) is 0 Å². The van der Waals surface area contributed by atoms with Gasteiger partial charge in [0.1, 0.15) is 18.8 Å². The van der Waals surface area contributed by atoms with E-state index in [4.69, 9.17) is 9.47 Å². The lowest BCUT2D eigenvalue weighted by molar-refractivity contribution is -0.909. The fourth-order valence-corrected chi connectivity index (χ4v) is 4.41. The Morgan fingerprint density at radius 2 is 1.70 bits per heavy atom. The van der Waals surface area contributed by atoms with Crippen LogP contribution in [0.25, 0.3) is 0 Å². The van der Waals surface area contributed by atoms with Crippen molar-refractivity contribution in [3.63, 3.8) is 0 Å². The highest BCUT2D eigenvalue weighted by molar-refractivity contribution is 7.89. The predicted molar refractivity (Wildman–Crippen MR) is 104 cm³/mol. The molecule has 3 rings (SSSR count). The molecule has 1 fully saturated rings. The Kier molecular flexibility index (Phi) is 6.49. The van der Waals surface area contributed by atoms with Gasteiger partial charge in [-0.05, 0) is 36.8 Å². The zero-order valence-electron chi connectivity index (χ0n) is 15.8. The summed E-state index contributed by atoms with van der Waals surface area (Å²) in [5, 5.41) is 0. The van der Waals surface area contributed by atoms with E-state index in [9.17, 15) is 8.42 Å². The molecule has 0 radical (unpaired) electrons. The van der Waals surface area contributed by atoms with Gasteiger partial charge in [0, 0.05) is 0 Å². The number of sulfonamides is 1. The van der Waals surface area contributed by atoms with Crippen molar-refractivity contribution < 1.29 is 22.8 Å². The maximum absolute atomic E-state index is 12.9. The van der Waals surface area contributed by atoms with E-state index in [1.54, 1.807) is 31.4 Å². The van der Waals surface area contributed by atoms with Crippen molar-refractivity contribution in [2.75, 3.05) is 40.0 Å². The Morgan fingerprint density at radius 1 is 1.07 bits per heavy atom. The molecule has 7 heteroatoms. The molecule has 0 bridgehead atoms. The fourth-order valence-electron chi connectivity index (χ4n) is 3.19. The van der Waals surface area contributed by atoms with E-state index in [2.05, 4.69) is 4.72 Å². The zero-order valence-corrected chi connectivity index (χ0v) is 16.6. The highest BCUT2D eigenvalue weighted by atomic mass is 32.2. The van der Waals surface area contributed by atoms with Gasteiger partial charge in [0.15, 0.2) is 0 Å². The molecule has 0 saturated carbocycles. The molecule has 0 spiro atoms. The number of benzene rings is 2. The van der Waals surface area contributed by atoms with Crippen molar-refractivity contribution in [3.05, 3.63) is 59.7 Å². The number of morpholine rings is 1. The van der Waals surface area contributed by atoms with Crippen molar-refractivity contribution in [2.45, 2.75) is 17.9 Å². The Balaban J connectivity index is 1.83. The van der Waals surface area contributed by atoms with Gasteiger partial charge in [0.05, 0.1) is 37.8 Å². The van der Waals surface area contributed by atoms with Gasteiger partial charge in [-0.2, -0.15) is 4.72 Å². The third-order valence-electron chi connectivity index (χ3n) is 4.84. The lowest BCUT2D eigenvalue weighted by Gasteiger charge is -2.28. The summed E-state index contributed by atoms with van der Waals surface area (Å²) < 4.78 is 39.3. The predicted octanol–water partition coefficient (Wildman–Crippen LogP) is 0.938. The molecule has 1 aliphatic rings. The summed E-state index contributed by atoms with van der Waals surface area (Å²) in [7, 11) is -2.09. The average molecular weight is 392 g/mol. The molecule has 1 heterocycles. The Hall–Kier alpha value is -1.93. The number of quaternary nitrogens is 1. The first kappa shape index (κ1) is 19.8. The number of aryl methyl sites for hydroxylation is 1. The van der Waals surface area contributed by atoms with E-state index in [-0.39, 0.29) is 10.9 Å². The highest BCUT2D eigenvalue weighted by Crippen LogP contribution is 2.19. The molecule has 6 nitrogen and oxygen atoms in total. The first-order valence-corrected chi connectivity index (χ1v) is 10.6. The fraction of sp³-hybridized carbons (Fsp3) is 0.400. The van der Waals surface area contributed by atoms with Crippen molar-refractivity contribution in [1.29, 1.82) is 0 Å². The van der Waals surface area contributed by atoms with Crippen LogP contribution in [-0.4, -0.2) is 48.4 Å². The lowest BCUT2D eigenvalue weighted by atomic mass is 10.1. The van der Waals surface area contributed by atoms with Crippen molar-refractivity contribution in [1.82, 2.24) is 4.72 Å². The molecular weight excluding hydrogens is 364 g/mol. The second-order valence-electron chi connectivity index (χ2n) is 6.83. The van der Waals surface area contributed by atoms with E-state index in [1.807, 2.05) is 31.2 Å². The quantitative estimate of drug-likeness (QED) is 0.737. The third kappa shape index (κ3) is 5.29. The van der Waals surface area contributed by atoms with Crippen molar-refractivity contribution in [2.24, 2.45) is 0 Å². The van der Waals surface area contributed by atoms with Gasteiger partial charge in [-0.15, -0.1) is 0 Å². The average Bonchev–Trinajstić information content (AvgIpc) is 2.69. The zero-order chi connectivity index (χ0) is 19.3. The summed E-state index contributed by atoms with van der Waals surface area (Å²) >= 11 is 0. The second kappa shape index (κ2) is 8.84. The number of nitrogens with one attached hydrogen (secondary N) is 2. The SMILES string of the molecule is COc1ccc(S(=O)(=O)N[C@H](C[NH+]2CCOCC2)c2ccc(C)cc2)cc1. The van der Waals surface area contributed by atoms with E-state index < -0.39 is 10.0 Å². The monoisotopic (exact) mass is 391 g/mol. The molecule has 0 amide bonds. The van der Waals surface area contributed by atoms with Crippen LogP contribution >= 0.6 is 0 Å². The third-order valence-corrected chi connectivity index (χ3v) is 6.33. The summed E-state index contributed by atoms with van der Waals surface area (Å²) in [6.45, 7) is 5.89. The Labute approximate surface area is 161 Å². The molecule has 27 heavy (non-hydrogen) atoms. The molecule has 1 atom stereocenters. The lowest BCUT2D eigenvalue weighted by Crippen LogP contribution is -3.14. The molecule has 146 valence electrons. The maximum atomic E-state index is 12.9. The molecule has 2 aromatic rings. The molecule has 0 aromatic heterocycles. The molecule has 2 aromatic carbocycles. The summed E-state index contributed by atoms with van der Waals surface area (Å²) in [5.74, 6) is 0.627. The van der Waals surface area contributed by atoms with E-state index >= 15 is 0 Å². The number of methoxy groups -OCH3 is 1. The summed E-state index contributed by atoms with van der Waals surface area (Å²) in [6.07, 6.45) is 0. The van der Waals surface area contributed by atoms with Gasteiger partial charge in [-0.1, -0.05) is 29.8 Å². The summed E-state index contributed by atoms with van der Waals surface area (Å²) in [5.41, 5.74) is 2.12. The van der Waals surface area contributed by atoms with Crippen LogP contribution in [-0.2, 0) is 14.8 Å². The largest absolute Gasteiger partial charge is 0.497 e. The van der Waals surface area contributed by atoms with Crippen LogP contribution in [0.1, 0.15) is 17.2 Å². The maximum Gasteiger partial charge on any atom is 0.241 e. The van der Waals surface area contributed by atoms with Gasteiger partial charge < -0.3 is 14.4 Å². The normalized spacial score (nSPS) is 16.8. The number of ether oxygens (including phenoxy) is 2. The minimum Gasteiger partial charge on any atom is -0.497 e. The first-order valence-electron chi connectivity index (χ1n) is 9.12. The van der Waals surface area contributed by atoms with Crippen molar-refractivity contribution in [3.8, 4) is 5.75 Å². The first-order chi connectivity index (χ1) is 13.0. The van der Waals surface area contributed by atoms with Crippen LogP contribution < -0.4 is 14.4 Å². The van der Waals surface area contributed by atoms with Gasteiger partial charge in [-0.25, -0.2) is 8.42 Å². The van der Waals surface area contributed by atoms with Crippen LogP contribution in [0, 0.1) is 6.92 Å². The summed E-state index contributed by atoms with van der Waals surface area (Å²) in [4.78, 5) is 1.57. The standard InChI is InChI=1S/C20H26N2O4S/c1-16-3-5-17(6-4-16)20(15-22-11-13-26-14-12-22)21-27(23,24)19-9-7-18(25-2)8-10-19/h3-10,20-21H,11-15H2,1-2H3/p+1/t20-/m1/s1. The summed E-state index contributed by atoms with van der Waals surface area (Å²) in [6, 6.07) is 14.2.